The Labute approximate surface area is 127 Å². The van der Waals surface area contributed by atoms with Crippen molar-refractivity contribution in [3.63, 3.8) is 0 Å². The second-order valence-electron chi connectivity index (χ2n) is 5.65. The lowest BCUT2D eigenvalue weighted by Gasteiger charge is -2.17. The van der Waals surface area contributed by atoms with Gasteiger partial charge in [0.05, 0.1) is 18.3 Å². The van der Waals surface area contributed by atoms with Crippen molar-refractivity contribution in [3.8, 4) is 0 Å². The number of carboxylic acids is 1. The molecule has 4 N–H and O–H groups in total. The molecular formula is C16H30O5. The highest BCUT2D eigenvalue weighted by atomic mass is 16.4. The molecule has 0 aliphatic heterocycles. The van der Waals surface area contributed by atoms with Gasteiger partial charge in [0, 0.05) is 6.08 Å². The van der Waals surface area contributed by atoms with E-state index in [-0.39, 0.29) is 6.10 Å². The van der Waals surface area contributed by atoms with Crippen LogP contribution in [0.4, 0.5) is 0 Å². The van der Waals surface area contributed by atoms with Crippen LogP contribution in [0.15, 0.2) is 12.2 Å². The second kappa shape index (κ2) is 12.8. The van der Waals surface area contributed by atoms with Gasteiger partial charge < -0.3 is 20.4 Å². The van der Waals surface area contributed by atoms with Gasteiger partial charge in [-0.2, -0.15) is 0 Å². The number of aliphatic carboxylic acids is 1. The molecule has 0 radical (unpaired) electrons. The molecule has 124 valence electrons. The summed E-state index contributed by atoms with van der Waals surface area (Å²) in [6, 6.07) is 0. The quantitative estimate of drug-likeness (QED) is 0.309. The molecule has 5 nitrogen and oxygen atoms in total. The van der Waals surface area contributed by atoms with Gasteiger partial charge in [-0.15, -0.1) is 0 Å². The van der Waals surface area contributed by atoms with Crippen LogP contribution in [-0.4, -0.2) is 44.7 Å². The van der Waals surface area contributed by atoms with Crippen molar-refractivity contribution in [2.24, 2.45) is 0 Å². The van der Waals surface area contributed by atoms with Crippen molar-refractivity contribution in [2.75, 3.05) is 0 Å². The molecule has 0 aliphatic carbocycles. The minimum absolute atomic E-state index is 0.303. The van der Waals surface area contributed by atoms with Crippen LogP contribution >= 0.6 is 0 Å². The number of carboxylic acid groups (broad SMARTS) is 1. The van der Waals surface area contributed by atoms with Crippen molar-refractivity contribution in [2.45, 2.75) is 83.0 Å². The topological polar surface area (TPSA) is 98.0 Å². The Morgan fingerprint density at radius 3 is 1.95 bits per heavy atom. The standard InChI is InChI=1S/C16H30O5/c1-13(17)9-7-8-11-15(19)14(18)10-5-3-2-4-6-12-16(20)21/h6,12-15,17-19H,2-5,7-11H2,1H3,(H,20,21). The molecule has 0 rings (SSSR count). The highest BCUT2D eigenvalue weighted by Gasteiger charge is 2.15. The first kappa shape index (κ1) is 20.1. The molecule has 0 aliphatic rings. The summed E-state index contributed by atoms with van der Waals surface area (Å²) < 4.78 is 0. The van der Waals surface area contributed by atoms with E-state index in [2.05, 4.69) is 0 Å². The summed E-state index contributed by atoms with van der Waals surface area (Å²) in [6.07, 6.45) is 7.98. The average molecular weight is 302 g/mol. The molecule has 0 aromatic heterocycles. The third-order valence-electron chi connectivity index (χ3n) is 3.45. The van der Waals surface area contributed by atoms with Crippen LogP contribution in [0.2, 0.25) is 0 Å². The predicted molar refractivity (Wildman–Crippen MR) is 82.0 cm³/mol. The Hall–Kier alpha value is -0.910. The molecule has 0 bridgehead atoms. The molecule has 0 amide bonds. The minimum atomic E-state index is -0.927. The summed E-state index contributed by atoms with van der Waals surface area (Å²) in [7, 11) is 0. The molecule has 0 saturated heterocycles. The Balaban J connectivity index is 3.51. The van der Waals surface area contributed by atoms with Gasteiger partial charge in [0.25, 0.3) is 0 Å². The molecule has 0 aromatic carbocycles. The van der Waals surface area contributed by atoms with Gasteiger partial charge in [0.2, 0.25) is 0 Å². The van der Waals surface area contributed by atoms with E-state index in [0.717, 1.165) is 51.0 Å². The van der Waals surface area contributed by atoms with E-state index in [9.17, 15) is 15.0 Å². The second-order valence-corrected chi connectivity index (χ2v) is 5.65. The maximum atomic E-state index is 10.2. The number of aliphatic hydroxyl groups excluding tert-OH is 3. The first-order valence-corrected chi connectivity index (χ1v) is 7.87. The zero-order valence-electron chi connectivity index (χ0n) is 12.9. The van der Waals surface area contributed by atoms with Crippen LogP contribution in [0.25, 0.3) is 0 Å². The van der Waals surface area contributed by atoms with Crippen molar-refractivity contribution in [1.29, 1.82) is 0 Å². The summed E-state index contributed by atoms with van der Waals surface area (Å²) in [6.45, 7) is 1.75. The first-order valence-electron chi connectivity index (χ1n) is 7.87. The molecule has 0 spiro atoms. The number of allylic oxidation sites excluding steroid dienone is 1. The van der Waals surface area contributed by atoms with Crippen LogP contribution in [0.3, 0.4) is 0 Å². The summed E-state index contributed by atoms with van der Waals surface area (Å²) >= 11 is 0. The van der Waals surface area contributed by atoms with E-state index >= 15 is 0 Å². The van der Waals surface area contributed by atoms with E-state index in [0.29, 0.717) is 12.8 Å². The minimum Gasteiger partial charge on any atom is -0.478 e. The maximum absolute atomic E-state index is 10.2. The lowest BCUT2D eigenvalue weighted by Crippen LogP contribution is -2.25. The smallest absolute Gasteiger partial charge is 0.327 e. The Morgan fingerprint density at radius 1 is 0.905 bits per heavy atom. The zero-order chi connectivity index (χ0) is 16.1. The van der Waals surface area contributed by atoms with Gasteiger partial charge >= 0.3 is 5.97 Å². The van der Waals surface area contributed by atoms with Crippen LogP contribution in [0.1, 0.15) is 64.7 Å². The third-order valence-corrected chi connectivity index (χ3v) is 3.45. The summed E-state index contributed by atoms with van der Waals surface area (Å²) in [5.41, 5.74) is 0. The normalized spacial score (nSPS) is 16.0. The number of hydrogen-bond donors (Lipinski definition) is 4. The van der Waals surface area contributed by atoms with Crippen LogP contribution < -0.4 is 0 Å². The Kier molecular flexibility index (Phi) is 12.2. The van der Waals surface area contributed by atoms with Crippen LogP contribution in [0, 0.1) is 0 Å². The molecule has 3 atom stereocenters. The molecule has 21 heavy (non-hydrogen) atoms. The fourth-order valence-electron chi connectivity index (χ4n) is 2.15. The Morgan fingerprint density at radius 2 is 1.43 bits per heavy atom. The molecule has 0 aromatic rings. The zero-order valence-corrected chi connectivity index (χ0v) is 12.9. The fourth-order valence-corrected chi connectivity index (χ4v) is 2.15. The van der Waals surface area contributed by atoms with Crippen LogP contribution in [-0.2, 0) is 4.79 Å². The molecule has 0 heterocycles. The Bertz CT molecular complexity index is 288. The molecule has 3 unspecified atom stereocenters. The van der Waals surface area contributed by atoms with E-state index in [4.69, 9.17) is 10.2 Å². The summed E-state index contributed by atoms with van der Waals surface area (Å²) in [5, 5.41) is 37.1. The number of carbonyl (C=O) groups is 1. The van der Waals surface area contributed by atoms with Crippen molar-refractivity contribution < 1.29 is 25.2 Å². The highest BCUT2D eigenvalue weighted by molar-refractivity contribution is 5.79. The fraction of sp³-hybridized carbons (Fsp3) is 0.812. The van der Waals surface area contributed by atoms with Crippen molar-refractivity contribution in [1.82, 2.24) is 0 Å². The number of hydrogen-bond acceptors (Lipinski definition) is 4. The van der Waals surface area contributed by atoms with Crippen molar-refractivity contribution >= 4 is 5.97 Å². The van der Waals surface area contributed by atoms with Gasteiger partial charge in [0.15, 0.2) is 0 Å². The molecule has 0 fully saturated rings. The van der Waals surface area contributed by atoms with Gasteiger partial charge in [-0.3, -0.25) is 0 Å². The number of rotatable bonds is 13. The van der Waals surface area contributed by atoms with Gasteiger partial charge in [-0.05, 0) is 39.0 Å². The third kappa shape index (κ3) is 13.8. The highest BCUT2D eigenvalue weighted by Crippen LogP contribution is 2.13. The van der Waals surface area contributed by atoms with Gasteiger partial charge in [0.1, 0.15) is 0 Å². The largest absolute Gasteiger partial charge is 0.478 e. The summed E-state index contributed by atoms with van der Waals surface area (Å²) in [4.78, 5) is 10.2. The van der Waals surface area contributed by atoms with E-state index in [1.807, 2.05) is 0 Å². The van der Waals surface area contributed by atoms with Gasteiger partial charge in [-0.25, -0.2) is 4.79 Å². The first-order chi connectivity index (χ1) is 9.93. The molecular weight excluding hydrogens is 272 g/mol. The maximum Gasteiger partial charge on any atom is 0.327 e. The average Bonchev–Trinajstić information content (AvgIpc) is 2.41. The van der Waals surface area contributed by atoms with E-state index < -0.39 is 18.2 Å². The number of unbranched alkanes of at least 4 members (excludes halogenated alkanes) is 4. The van der Waals surface area contributed by atoms with Crippen LogP contribution in [0.5, 0.6) is 0 Å². The van der Waals surface area contributed by atoms with E-state index in [1.54, 1.807) is 13.0 Å². The van der Waals surface area contributed by atoms with E-state index in [1.165, 1.54) is 0 Å². The molecule has 5 heteroatoms. The monoisotopic (exact) mass is 302 g/mol. The lowest BCUT2D eigenvalue weighted by molar-refractivity contribution is -0.131. The predicted octanol–water partition coefficient (Wildman–Crippen LogP) is 2.24. The SMILES string of the molecule is CC(O)CCCCC(O)C(O)CCCCCC=CC(=O)O. The molecule has 0 saturated carbocycles. The van der Waals surface area contributed by atoms with Gasteiger partial charge in [-0.1, -0.05) is 31.8 Å². The number of aliphatic hydroxyl groups is 3. The summed E-state index contributed by atoms with van der Waals surface area (Å²) in [5.74, 6) is -0.927. The van der Waals surface area contributed by atoms with Crippen molar-refractivity contribution in [3.05, 3.63) is 12.2 Å². The lowest BCUT2D eigenvalue weighted by atomic mass is 10.00.